The van der Waals surface area contributed by atoms with Crippen molar-refractivity contribution in [2.24, 2.45) is 0 Å². The summed E-state index contributed by atoms with van der Waals surface area (Å²) in [5.74, 6) is 0.518. The van der Waals surface area contributed by atoms with Crippen molar-refractivity contribution >= 4 is 22.6 Å². The van der Waals surface area contributed by atoms with Crippen molar-refractivity contribution in [1.82, 2.24) is 4.90 Å². The third kappa shape index (κ3) is 4.43. The second-order valence-corrected chi connectivity index (χ2v) is 7.17. The molecule has 2 aromatic rings. The number of hydrogen-bond acceptors (Lipinski definition) is 3. The number of benzene rings is 2. The van der Waals surface area contributed by atoms with Crippen LogP contribution in [0.3, 0.4) is 0 Å². The van der Waals surface area contributed by atoms with Gasteiger partial charge in [-0.05, 0) is 44.5 Å². The molecule has 26 heavy (non-hydrogen) atoms. The zero-order valence-corrected chi connectivity index (χ0v) is 16.6. The van der Waals surface area contributed by atoms with Gasteiger partial charge in [-0.25, -0.2) is 4.21 Å². The monoisotopic (exact) mass is 374 g/mol. The van der Waals surface area contributed by atoms with E-state index in [9.17, 15) is 9.00 Å². The number of anilines is 1. The van der Waals surface area contributed by atoms with Crippen molar-refractivity contribution in [3.63, 3.8) is 0 Å². The fourth-order valence-electron chi connectivity index (χ4n) is 2.74. The quantitative estimate of drug-likeness (QED) is 0.712. The lowest BCUT2D eigenvalue weighted by molar-refractivity contribution is -0.129. The smallest absolute Gasteiger partial charge is 0.243 e. The zero-order valence-electron chi connectivity index (χ0n) is 15.8. The molecule has 0 aromatic heterocycles. The minimum absolute atomic E-state index is 0.0169. The maximum absolute atomic E-state index is 13.4. The number of para-hydroxylation sites is 2. The molecule has 0 saturated carbocycles. The highest BCUT2D eigenvalue weighted by Crippen LogP contribution is 2.31. The van der Waals surface area contributed by atoms with E-state index < -0.39 is 11.0 Å². The van der Waals surface area contributed by atoms with Gasteiger partial charge in [0.05, 0.1) is 17.7 Å². The van der Waals surface area contributed by atoms with E-state index >= 15 is 0 Å². The molecule has 6 heteroatoms. The van der Waals surface area contributed by atoms with Gasteiger partial charge in [-0.1, -0.05) is 30.3 Å². The van der Waals surface area contributed by atoms with E-state index in [0.717, 1.165) is 5.56 Å². The van der Waals surface area contributed by atoms with Gasteiger partial charge >= 0.3 is 0 Å². The summed E-state index contributed by atoms with van der Waals surface area (Å²) in [6, 6.07) is 14.8. The Morgan fingerprint density at radius 3 is 2.27 bits per heavy atom. The van der Waals surface area contributed by atoms with Crippen LogP contribution in [-0.4, -0.2) is 41.8 Å². The predicted octanol–water partition coefficient (Wildman–Crippen LogP) is 3.40. The van der Waals surface area contributed by atoms with Crippen LogP contribution in [0.4, 0.5) is 5.69 Å². The van der Waals surface area contributed by atoms with Gasteiger partial charge in [-0.2, -0.15) is 0 Å². The molecule has 1 unspecified atom stereocenters. The lowest BCUT2D eigenvalue weighted by Crippen LogP contribution is -2.41. The van der Waals surface area contributed by atoms with Gasteiger partial charge in [0.2, 0.25) is 5.91 Å². The van der Waals surface area contributed by atoms with Crippen LogP contribution in [0.2, 0.25) is 0 Å². The molecule has 0 saturated heterocycles. The molecule has 0 aliphatic rings. The van der Waals surface area contributed by atoms with Crippen LogP contribution >= 0.6 is 0 Å². The lowest BCUT2D eigenvalue weighted by Gasteiger charge is -2.28. The third-order valence-electron chi connectivity index (χ3n) is 4.23. The molecule has 2 aromatic carbocycles. The minimum Gasteiger partial charge on any atom is -0.495 e. The lowest BCUT2D eigenvalue weighted by atomic mass is 10.2. The fourth-order valence-corrected chi connectivity index (χ4v) is 4.07. The Bertz CT molecular complexity index is 775. The number of rotatable bonds is 8. The summed E-state index contributed by atoms with van der Waals surface area (Å²) in [6.07, 6.45) is 0. The van der Waals surface area contributed by atoms with Crippen molar-refractivity contribution < 1.29 is 13.7 Å². The first-order valence-electron chi connectivity index (χ1n) is 8.69. The van der Waals surface area contributed by atoms with Crippen LogP contribution in [0.15, 0.2) is 53.4 Å². The highest BCUT2D eigenvalue weighted by molar-refractivity contribution is 7.86. The van der Waals surface area contributed by atoms with Gasteiger partial charge in [0.15, 0.2) is 11.0 Å². The molecule has 140 valence electrons. The first-order valence-corrected chi connectivity index (χ1v) is 9.79. The molecule has 0 aliphatic heterocycles. The molecule has 0 bridgehead atoms. The standard InChI is InChI=1S/C20H26N2O3S/c1-5-21(6-2)20(23)15-22(17-12-8-9-13-18(17)25-4)26(24)19-14-10-7-11-16(19)3/h7-14H,5-6,15H2,1-4H3. The Morgan fingerprint density at radius 2 is 1.65 bits per heavy atom. The van der Waals surface area contributed by atoms with Crippen molar-refractivity contribution in [3.05, 3.63) is 54.1 Å². The third-order valence-corrected chi connectivity index (χ3v) is 5.79. The van der Waals surface area contributed by atoms with E-state index in [1.165, 1.54) is 0 Å². The summed E-state index contributed by atoms with van der Waals surface area (Å²) in [5.41, 5.74) is 1.55. The van der Waals surface area contributed by atoms with E-state index in [0.29, 0.717) is 29.4 Å². The Kier molecular flexibility index (Phi) is 7.21. The van der Waals surface area contributed by atoms with Crippen LogP contribution in [0.5, 0.6) is 5.75 Å². The molecule has 0 N–H and O–H groups in total. The second kappa shape index (κ2) is 9.38. The molecule has 0 fully saturated rings. The molecule has 5 nitrogen and oxygen atoms in total. The molecule has 1 amide bonds. The molecular weight excluding hydrogens is 348 g/mol. The predicted molar refractivity (Wildman–Crippen MR) is 106 cm³/mol. The molecule has 0 aliphatic carbocycles. The molecule has 0 spiro atoms. The summed E-state index contributed by atoms with van der Waals surface area (Å²) in [5, 5.41) is 0. The van der Waals surface area contributed by atoms with Gasteiger partial charge in [0.25, 0.3) is 0 Å². The van der Waals surface area contributed by atoms with Crippen LogP contribution in [0.25, 0.3) is 0 Å². The first-order chi connectivity index (χ1) is 12.5. The SMILES string of the molecule is CCN(CC)C(=O)CN(c1ccccc1OC)S(=O)c1ccccc1C. The summed E-state index contributed by atoms with van der Waals surface area (Å²) < 4.78 is 20.4. The van der Waals surface area contributed by atoms with Crippen LogP contribution in [-0.2, 0) is 15.8 Å². The van der Waals surface area contributed by atoms with Crippen molar-refractivity contribution in [2.45, 2.75) is 25.7 Å². The van der Waals surface area contributed by atoms with Gasteiger partial charge in [-0.15, -0.1) is 0 Å². The maximum Gasteiger partial charge on any atom is 0.243 e. The zero-order chi connectivity index (χ0) is 19.1. The summed E-state index contributed by atoms with van der Waals surface area (Å²) in [4.78, 5) is 15.1. The topological polar surface area (TPSA) is 49.9 Å². The van der Waals surface area contributed by atoms with E-state index in [1.807, 2.05) is 63.2 Å². The van der Waals surface area contributed by atoms with Crippen LogP contribution in [0, 0.1) is 6.92 Å². The summed E-state index contributed by atoms with van der Waals surface area (Å²) in [7, 11) is 0.0385. The number of methoxy groups -OCH3 is 1. The summed E-state index contributed by atoms with van der Waals surface area (Å²) >= 11 is 0. The largest absolute Gasteiger partial charge is 0.495 e. The number of ether oxygens (including phenoxy) is 1. The molecule has 2 rings (SSSR count). The Morgan fingerprint density at radius 1 is 1.04 bits per heavy atom. The van der Waals surface area contributed by atoms with Crippen molar-refractivity contribution in [2.75, 3.05) is 31.0 Å². The highest BCUT2D eigenvalue weighted by Gasteiger charge is 2.25. The molecule has 1 atom stereocenters. The van der Waals surface area contributed by atoms with E-state index in [-0.39, 0.29) is 12.5 Å². The van der Waals surface area contributed by atoms with Crippen LogP contribution < -0.4 is 9.04 Å². The average molecular weight is 375 g/mol. The van der Waals surface area contributed by atoms with Crippen molar-refractivity contribution in [1.29, 1.82) is 0 Å². The number of carbonyl (C=O) groups excluding carboxylic acids is 1. The Balaban J connectivity index is 2.46. The number of hydrogen-bond donors (Lipinski definition) is 0. The first kappa shape index (κ1) is 20.0. The molecule has 0 radical (unpaired) electrons. The van der Waals surface area contributed by atoms with Gasteiger partial charge < -0.3 is 9.64 Å². The van der Waals surface area contributed by atoms with Gasteiger partial charge in [-0.3, -0.25) is 9.10 Å². The number of carbonyl (C=O) groups is 1. The molecule has 0 heterocycles. The van der Waals surface area contributed by atoms with E-state index in [4.69, 9.17) is 4.74 Å². The molecular formula is C20H26N2O3S. The van der Waals surface area contributed by atoms with Gasteiger partial charge in [0, 0.05) is 13.1 Å². The number of amides is 1. The normalized spacial score (nSPS) is 11.7. The van der Waals surface area contributed by atoms with Crippen LogP contribution in [0.1, 0.15) is 19.4 Å². The second-order valence-electron chi connectivity index (χ2n) is 5.79. The summed E-state index contributed by atoms with van der Waals surface area (Å²) in [6.45, 7) is 7.04. The van der Waals surface area contributed by atoms with Crippen molar-refractivity contribution in [3.8, 4) is 5.75 Å². The Labute approximate surface area is 158 Å². The highest BCUT2D eigenvalue weighted by atomic mass is 32.2. The average Bonchev–Trinajstić information content (AvgIpc) is 2.67. The Hall–Kier alpha value is -2.34. The number of aryl methyl sites for hydroxylation is 1. The fraction of sp³-hybridized carbons (Fsp3) is 0.350. The van der Waals surface area contributed by atoms with E-state index in [2.05, 4.69) is 0 Å². The van der Waals surface area contributed by atoms with Gasteiger partial charge in [0.1, 0.15) is 12.3 Å². The maximum atomic E-state index is 13.4. The number of nitrogens with zero attached hydrogens (tertiary/aromatic N) is 2. The number of likely N-dealkylation sites (N-methyl/N-ethyl adjacent to an activating group) is 1. The van der Waals surface area contributed by atoms with E-state index in [1.54, 1.807) is 22.4 Å². The minimum atomic E-state index is -1.53.